The Balaban J connectivity index is 2.07. The second-order valence-corrected chi connectivity index (χ2v) is 7.84. The summed E-state index contributed by atoms with van der Waals surface area (Å²) in [7, 11) is -3.61. The van der Waals surface area contributed by atoms with Gasteiger partial charge in [0.05, 0.1) is 0 Å². The normalized spacial score (nSPS) is 16.0. The maximum Gasteiger partial charge on any atom is 0.263 e. The van der Waals surface area contributed by atoms with E-state index in [4.69, 9.17) is 5.84 Å². The van der Waals surface area contributed by atoms with Crippen LogP contribution in [0.2, 0.25) is 0 Å². The lowest BCUT2D eigenvalue weighted by Crippen LogP contribution is -2.35. The Morgan fingerprint density at radius 3 is 2.95 bits per heavy atom. The summed E-state index contributed by atoms with van der Waals surface area (Å²) in [5.74, 6) is 5.67. The smallest absolute Gasteiger partial charge is 0.263 e. The summed E-state index contributed by atoms with van der Waals surface area (Å²) >= 11 is 1.38. The van der Waals surface area contributed by atoms with E-state index in [0.29, 0.717) is 11.5 Å². The topological polar surface area (TPSA) is 92.7 Å². The number of nitrogen functional groups attached to an aromatic ring is 1. The molecule has 3 rings (SSSR count). The molecule has 0 amide bonds. The van der Waals surface area contributed by atoms with Crippen LogP contribution in [0.15, 0.2) is 16.6 Å². The highest BCUT2D eigenvalue weighted by atomic mass is 32.2. The van der Waals surface area contributed by atoms with Crippen LogP contribution in [0.3, 0.4) is 0 Å². The number of imidazole rings is 1. The van der Waals surface area contributed by atoms with Gasteiger partial charge in [-0.15, -0.1) is 11.3 Å². The first-order valence-electron chi connectivity index (χ1n) is 7.03. The van der Waals surface area contributed by atoms with Crippen LogP contribution in [0.1, 0.15) is 32.6 Å². The predicted octanol–water partition coefficient (Wildman–Crippen LogP) is 1.63. The van der Waals surface area contributed by atoms with Crippen LogP contribution in [-0.2, 0) is 10.0 Å². The second-order valence-electron chi connectivity index (χ2n) is 5.17. The van der Waals surface area contributed by atoms with Crippen LogP contribution in [0.4, 0.5) is 5.82 Å². The van der Waals surface area contributed by atoms with Crippen LogP contribution in [0.25, 0.3) is 4.96 Å². The standard InChI is InChI=1S/C12H19N5O2S2/c1-2-3-6-17(9-4-5-9)21(18,19)11-10(15-13)14-12-16(11)7-8-20-12/h7-9,15H,2-6,13H2,1H3. The molecular formula is C12H19N5O2S2. The third kappa shape index (κ3) is 2.54. The summed E-state index contributed by atoms with van der Waals surface area (Å²) in [6.07, 6.45) is 5.39. The quantitative estimate of drug-likeness (QED) is 0.595. The first kappa shape index (κ1) is 14.8. The number of nitrogens with two attached hydrogens (primary N) is 1. The van der Waals surface area contributed by atoms with Crippen molar-refractivity contribution in [2.45, 2.75) is 43.7 Å². The molecule has 9 heteroatoms. The van der Waals surface area contributed by atoms with Crippen molar-refractivity contribution < 1.29 is 8.42 Å². The van der Waals surface area contributed by atoms with E-state index in [1.807, 2.05) is 5.38 Å². The molecule has 0 spiro atoms. The van der Waals surface area contributed by atoms with Crippen LogP contribution in [0.5, 0.6) is 0 Å². The van der Waals surface area contributed by atoms with Crippen molar-refractivity contribution in [3.8, 4) is 0 Å². The van der Waals surface area contributed by atoms with Gasteiger partial charge in [-0.05, 0) is 19.3 Å². The van der Waals surface area contributed by atoms with Gasteiger partial charge >= 0.3 is 0 Å². The lowest BCUT2D eigenvalue weighted by atomic mass is 10.3. The summed E-state index contributed by atoms with van der Waals surface area (Å²) < 4.78 is 29.3. The Bertz CT molecular complexity index is 732. The molecule has 0 bridgehead atoms. The minimum Gasteiger partial charge on any atom is -0.306 e. The molecule has 0 atom stereocenters. The number of unbranched alkanes of at least 4 members (excludes halogenated alkanes) is 1. The summed E-state index contributed by atoms with van der Waals surface area (Å²) in [5.41, 5.74) is 2.42. The predicted molar refractivity (Wildman–Crippen MR) is 82.7 cm³/mol. The van der Waals surface area contributed by atoms with E-state index in [-0.39, 0.29) is 16.9 Å². The van der Waals surface area contributed by atoms with Gasteiger partial charge in [0.2, 0.25) is 5.03 Å². The molecule has 1 aliphatic carbocycles. The monoisotopic (exact) mass is 329 g/mol. The Hall–Kier alpha value is -1.16. The number of nitrogens with one attached hydrogen (secondary N) is 1. The number of hydrazine groups is 1. The highest BCUT2D eigenvalue weighted by Gasteiger charge is 2.40. The van der Waals surface area contributed by atoms with Crippen molar-refractivity contribution in [3.63, 3.8) is 0 Å². The second kappa shape index (κ2) is 5.56. The van der Waals surface area contributed by atoms with E-state index >= 15 is 0 Å². The van der Waals surface area contributed by atoms with Crippen molar-refractivity contribution >= 4 is 32.1 Å². The molecule has 1 saturated carbocycles. The molecule has 7 nitrogen and oxygen atoms in total. The van der Waals surface area contributed by atoms with Gasteiger partial charge in [0, 0.05) is 24.2 Å². The molecule has 2 aromatic heterocycles. The molecule has 116 valence electrons. The van der Waals surface area contributed by atoms with Gasteiger partial charge in [-0.25, -0.2) is 14.3 Å². The number of sulfonamides is 1. The Morgan fingerprint density at radius 1 is 1.57 bits per heavy atom. The molecular weight excluding hydrogens is 310 g/mol. The van der Waals surface area contributed by atoms with Gasteiger partial charge in [-0.3, -0.25) is 4.40 Å². The maximum atomic E-state index is 13.0. The Kier molecular flexibility index (Phi) is 3.91. The van der Waals surface area contributed by atoms with Crippen molar-refractivity contribution in [1.29, 1.82) is 0 Å². The molecule has 3 N–H and O–H groups in total. The third-order valence-corrected chi connectivity index (χ3v) is 6.33. The largest absolute Gasteiger partial charge is 0.306 e. The average molecular weight is 329 g/mol. The number of anilines is 1. The van der Waals surface area contributed by atoms with Gasteiger partial charge in [0.25, 0.3) is 10.0 Å². The van der Waals surface area contributed by atoms with Crippen molar-refractivity contribution in [3.05, 3.63) is 11.6 Å². The third-order valence-electron chi connectivity index (χ3n) is 3.59. The first-order valence-corrected chi connectivity index (χ1v) is 9.35. The highest BCUT2D eigenvalue weighted by molar-refractivity contribution is 7.89. The number of hydrogen-bond donors (Lipinski definition) is 2. The molecule has 1 aliphatic rings. The molecule has 2 aromatic rings. The van der Waals surface area contributed by atoms with E-state index in [0.717, 1.165) is 25.7 Å². The van der Waals surface area contributed by atoms with Crippen LogP contribution < -0.4 is 11.3 Å². The fourth-order valence-corrected chi connectivity index (χ4v) is 5.10. The van der Waals surface area contributed by atoms with Gasteiger partial charge in [0.15, 0.2) is 10.8 Å². The van der Waals surface area contributed by atoms with Crippen LogP contribution in [-0.4, -0.2) is 34.7 Å². The molecule has 0 aliphatic heterocycles. The minimum absolute atomic E-state index is 0.122. The van der Waals surface area contributed by atoms with Crippen LogP contribution in [0, 0.1) is 0 Å². The molecule has 2 heterocycles. The summed E-state index contributed by atoms with van der Waals surface area (Å²) in [6, 6.07) is 0.122. The molecule has 1 fully saturated rings. The average Bonchev–Trinajstić information content (AvgIpc) is 3.06. The SMILES string of the molecule is CCCCN(C1CC1)S(=O)(=O)c1c(NN)nc2sccn12. The van der Waals surface area contributed by atoms with Gasteiger partial charge in [-0.2, -0.15) is 9.29 Å². The first-order chi connectivity index (χ1) is 10.1. The number of hydrogen-bond acceptors (Lipinski definition) is 6. The van der Waals surface area contributed by atoms with Crippen LogP contribution >= 0.6 is 11.3 Å². The number of thiazole rings is 1. The summed E-state index contributed by atoms with van der Waals surface area (Å²) in [6.45, 7) is 2.60. The zero-order chi connectivity index (χ0) is 15.0. The van der Waals surface area contributed by atoms with Crippen molar-refractivity contribution in [1.82, 2.24) is 13.7 Å². The van der Waals surface area contributed by atoms with E-state index in [9.17, 15) is 8.42 Å². The lowest BCUT2D eigenvalue weighted by molar-refractivity contribution is 0.394. The molecule has 21 heavy (non-hydrogen) atoms. The fourth-order valence-electron chi connectivity index (χ4n) is 2.39. The number of aromatic nitrogens is 2. The van der Waals surface area contributed by atoms with Gasteiger partial charge in [0.1, 0.15) is 0 Å². The summed E-state index contributed by atoms with van der Waals surface area (Å²) in [5, 5.41) is 1.96. The number of rotatable bonds is 7. The minimum atomic E-state index is -3.61. The van der Waals surface area contributed by atoms with Gasteiger partial charge in [-0.1, -0.05) is 13.3 Å². The van der Waals surface area contributed by atoms with Gasteiger partial charge < -0.3 is 5.43 Å². The van der Waals surface area contributed by atoms with E-state index in [2.05, 4.69) is 17.3 Å². The van der Waals surface area contributed by atoms with Crippen molar-refractivity contribution in [2.75, 3.05) is 12.0 Å². The van der Waals surface area contributed by atoms with Crippen molar-refractivity contribution in [2.24, 2.45) is 5.84 Å². The van der Waals surface area contributed by atoms with E-state index < -0.39 is 10.0 Å². The lowest BCUT2D eigenvalue weighted by Gasteiger charge is -2.21. The molecule has 0 radical (unpaired) electrons. The number of nitrogens with zero attached hydrogens (tertiary/aromatic N) is 3. The number of fused-ring (bicyclic) bond motifs is 1. The summed E-state index contributed by atoms with van der Waals surface area (Å²) in [4.78, 5) is 4.86. The molecule has 0 aromatic carbocycles. The zero-order valence-corrected chi connectivity index (χ0v) is 13.5. The maximum absolute atomic E-state index is 13.0. The molecule has 0 saturated heterocycles. The van der Waals surface area contributed by atoms with E-state index in [1.165, 1.54) is 11.3 Å². The highest BCUT2D eigenvalue weighted by Crippen LogP contribution is 2.35. The Morgan fingerprint density at radius 2 is 2.33 bits per heavy atom. The fraction of sp³-hybridized carbons (Fsp3) is 0.583. The molecule has 0 unspecified atom stereocenters. The zero-order valence-electron chi connectivity index (χ0n) is 11.8. The Labute approximate surface area is 127 Å². The van der Waals surface area contributed by atoms with E-state index in [1.54, 1.807) is 14.9 Å².